The van der Waals surface area contributed by atoms with Gasteiger partial charge in [0.25, 0.3) is 0 Å². The molecule has 5 heteroatoms. The van der Waals surface area contributed by atoms with E-state index in [1.807, 2.05) is 6.92 Å². The first-order valence-electron chi connectivity index (χ1n) is 7.53. The quantitative estimate of drug-likeness (QED) is 0.845. The summed E-state index contributed by atoms with van der Waals surface area (Å²) in [7, 11) is 0. The highest BCUT2D eigenvalue weighted by molar-refractivity contribution is 5.35. The minimum absolute atomic E-state index is 0.103. The zero-order valence-corrected chi connectivity index (χ0v) is 12.3. The largest absolute Gasteiger partial charge is 0.434 e. The van der Waals surface area contributed by atoms with Crippen molar-refractivity contribution in [3.63, 3.8) is 0 Å². The highest BCUT2D eigenvalue weighted by Gasteiger charge is 2.23. The summed E-state index contributed by atoms with van der Waals surface area (Å²) in [5.74, 6) is 0.445. The van der Waals surface area contributed by atoms with Crippen LogP contribution in [0.25, 0.3) is 0 Å². The summed E-state index contributed by atoms with van der Waals surface area (Å²) in [5.41, 5.74) is 0.711. The summed E-state index contributed by atoms with van der Waals surface area (Å²) in [5, 5.41) is 13.3. The zero-order chi connectivity index (χ0) is 15.2. The minimum atomic E-state index is -2.82. The van der Waals surface area contributed by atoms with Gasteiger partial charge in [-0.25, -0.2) is 0 Å². The van der Waals surface area contributed by atoms with Crippen molar-refractivity contribution < 1.29 is 18.6 Å². The molecule has 1 aromatic rings. The molecule has 3 nitrogen and oxygen atoms in total. The summed E-state index contributed by atoms with van der Waals surface area (Å²) < 4.78 is 29.4. The van der Waals surface area contributed by atoms with E-state index < -0.39 is 6.61 Å². The van der Waals surface area contributed by atoms with Crippen LogP contribution in [0.2, 0.25) is 0 Å². The molecule has 3 unspecified atom stereocenters. The number of hydrogen-bond donors (Lipinski definition) is 2. The predicted octanol–water partition coefficient (Wildman–Crippen LogP) is 3.49. The third-order valence-corrected chi connectivity index (χ3v) is 4.16. The van der Waals surface area contributed by atoms with Gasteiger partial charge in [-0.1, -0.05) is 31.0 Å². The van der Waals surface area contributed by atoms with Gasteiger partial charge in [-0.3, -0.25) is 0 Å². The lowest BCUT2D eigenvalue weighted by Gasteiger charge is -2.29. The molecule has 2 N–H and O–H groups in total. The van der Waals surface area contributed by atoms with Gasteiger partial charge in [-0.15, -0.1) is 0 Å². The molecular formula is C16H23F2NO2. The smallest absolute Gasteiger partial charge is 0.387 e. The molecule has 0 spiro atoms. The number of alkyl halides is 2. The molecule has 0 aromatic heterocycles. The van der Waals surface area contributed by atoms with E-state index in [1.165, 1.54) is 0 Å². The Hall–Kier alpha value is -1.20. The SMILES string of the molecule is CC(NCC1CCCCC1O)c1ccccc1OC(F)F. The molecule has 0 saturated heterocycles. The van der Waals surface area contributed by atoms with Crippen LogP contribution in [0.3, 0.4) is 0 Å². The third kappa shape index (κ3) is 4.64. The van der Waals surface area contributed by atoms with Crippen molar-refractivity contribution in [1.82, 2.24) is 5.32 Å². The second-order valence-electron chi connectivity index (χ2n) is 5.66. The van der Waals surface area contributed by atoms with E-state index >= 15 is 0 Å². The Morgan fingerprint density at radius 1 is 1.29 bits per heavy atom. The van der Waals surface area contributed by atoms with Crippen molar-refractivity contribution in [3.05, 3.63) is 29.8 Å². The van der Waals surface area contributed by atoms with Gasteiger partial charge in [-0.2, -0.15) is 8.78 Å². The molecule has 0 heterocycles. The molecule has 0 bridgehead atoms. The Morgan fingerprint density at radius 3 is 2.71 bits per heavy atom. The monoisotopic (exact) mass is 299 g/mol. The Labute approximate surface area is 124 Å². The van der Waals surface area contributed by atoms with Crippen LogP contribution in [0, 0.1) is 5.92 Å². The molecule has 1 aromatic carbocycles. The van der Waals surface area contributed by atoms with Gasteiger partial charge in [0.05, 0.1) is 6.10 Å². The molecule has 0 aliphatic heterocycles. The summed E-state index contributed by atoms with van der Waals surface area (Å²) in [4.78, 5) is 0. The van der Waals surface area contributed by atoms with E-state index in [0.29, 0.717) is 12.1 Å². The fraction of sp³-hybridized carbons (Fsp3) is 0.625. The van der Waals surface area contributed by atoms with Crippen molar-refractivity contribution >= 4 is 0 Å². The number of ether oxygens (including phenoxy) is 1. The Morgan fingerprint density at radius 2 is 2.00 bits per heavy atom. The van der Waals surface area contributed by atoms with Gasteiger partial charge in [-0.05, 0) is 31.7 Å². The number of aliphatic hydroxyl groups is 1. The molecule has 1 fully saturated rings. The summed E-state index contributed by atoms with van der Waals surface area (Å²) in [6, 6.07) is 6.72. The lowest BCUT2D eigenvalue weighted by atomic mass is 9.86. The highest BCUT2D eigenvalue weighted by Crippen LogP contribution is 2.28. The minimum Gasteiger partial charge on any atom is -0.434 e. The van der Waals surface area contributed by atoms with Gasteiger partial charge in [0.2, 0.25) is 0 Å². The maximum Gasteiger partial charge on any atom is 0.387 e. The van der Waals surface area contributed by atoms with Crippen LogP contribution in [0.1, 0.15) is 44.2 Å². The van der Waals surface area contributed by atoms with Gasteiger partial charge in [0.1, 0.15) is 5.75 Å². The number of nitrogens with one attached hydrogen (secondary N) is 1. The zero-order valence-electron chi connectivity index (χ0n) is 12.3. The van der Waals surface area contributed by atoms with Crippen LogP contribution in [-0.2, 0) is 0 Å². The number of halogens is 2. The Balaban J connectivity index is 1.95. The lowest BCUT2D eigenvalue weighted by Crippen LogP contribution is -2.35. The summed E-state index contributed by atoms with van der Waals surface area (Å²) in [6.07, 6.45) is 3.83. The van der Waals surface area contributed by atoms with Crippen molar-refractivity contribution in [2.45, 2.75) is 51.4 Å². The van der Waals surface area contributed by atoms with Crippen molar-refractivity contribution in [2.75, 3.05) is 6.54 Å². The van der Waals surface area contributed by atoms with Crippen LogP contribution in [0.4, 0.5) is 8.78 Å². The number of rotatable bonds is 6. The van der Waals surface area contributed by atoms with E-state index in [9.17, 15) is 13.9 Å². The molecule has 21 heavy (non-hydrogen) atoms. The Bertz CT molecular complexity index is 442. The average Bonchev–Trinajstić information content (AvgIpc) is 2.46. The fourth-order valence-electron chi connectivity index (χ4n) is 2.91. The topological polar surface area (TPSA) is 41.5 Å². The van der Waals surface area contributed by atoms with Gasteiger partial charge >= 0.3 is 6.61 Å². The first kappa shape index (κ1) is 16.2. The number of aliphatic hydroxyl groups excluding tert-OH is 1. The second-order valence-corrected chi connectivity index (χ2v) is 5.66. The van der Waals surface area contributed by atoms with Crippen LogP contribution in [-0.4, -0.2) is 24.4 Å². The average molecular weight is 299 g/mol. The number of benzene rings is 1. The normalized spacial score (nSPS) is 24.0. The van der Waals surface area contributed by atoms with Crippen LogP contribution in [0.5, 0.6) is 5.75 Å². The molecule has 1 saturated carbocycles. The van der Waals surface area contributed by atoms with Gasteiger partial charge in [0, 0.05) is 18.2 Å². The predicted molar refractivity (Wildman–Crippen MR) is 77.5 cm³/mol. The number of para-hydroxylation sites is 1. The molecule has 118 valence electrons. The van der Waals surface area contributed by atoms with Crippen molar-refractivity contribution in [3.8, 4) is 5.75 Å². The molecule has 1 aliphatic rings. The maximum absolute atomic E-state index is 12.4. The standard InChI is InChI=1S/C16H23F2NO2/c1-11(19-10-12-6-2-4-8-14(12)20)13-7-3-5-9-15(13)21-16(17)18/h3,5,7,9,11-12,14,16,19-20H,2,4,6,8,10H2,1H3. The summed E-state index contributed by atoms with van der Waals surface area (Å²) >= 11 is 0. The van der Waals surface area contributed by atoms with E-state index in [4.69, 9.17) is 0 Å². The lowest BCUT2D eigenvalue weighted by molar-refractivity contribution is -0.0506. The Kier molecular flexibility index (Phi) is 5.94. The molecule has 1 aliphatic carbocycles. The summed E-state index contributed by atoms with van der Waals surface area (Å²) in [6.45, 7) is -0.215. The third-order valence-electron chi connectivity index (χ3n) is 4.16. The molecule has 3 atom stereocenters. The maximum atomic E-state index is 12.4. The molecular weight excluding hydrogens is 276 g/mol. The van der Waals surface area contributed by atoms with Crippen LogP contribution in [0.15, 0.2) is 24.3 Å². The molecule has 0 radical (unpaired) electrons. The molecule has 0 amide bonds. The second kappa shape index (κ2) is 7.71. The van der Waals surface area contributed by atoms with E-state index in [-0.39, 0.29) is 23.8 Å². The van der Waals surface area contributed by atoms with Gasteiger partial charge < -0.3 is 15.2 Å². The first-order chi connectivity index (χ1) is 10.1. The van der Waals surface area contributed by atoms with E-state index in [1.54, 1.807) is 24.3 Å². The molecule has 2 rings (SSSR count). The highest BCUT2D eigenvalue weighted by atomic mass is 19.3. The van der Waals surface area contributed by atoms with E-state index in [2.05, 4.69) is 10.1 Å². The number of hydrogen-bond acceptors (Lipinski definition) is 3. The van der Waals surface area contributed by atoms with Crippen molar-refractivity contribution in [1.29, 1.82) is 0 Å². The van der Waals surface area contributed by atoms with Gasteiger partial charge in [0.15, 0.2) is 0 Å². The first-order valence-corrected chi connectivity index (χ1v) is 7.53. The van der Waals surface area contributed by atoms with Crippen molar-refractivity contribution in [2.24, 2.45) is 5.92 Å². The van der Waals surface area contributed by atoms with Crippen LogP contribution >= 0.6 is 0 Å². The van der Waals surface area contributed by atoms with Crippen LogP contribution < -0.4 is 10.1 Å². The van der Waals surface area contributed by atoms with E-state index in [0.717, 1.165) is 25.7 Å². The fourth-order valence-corrected chi connectivity index (χ4v) is 2.91.